The van der Waals surface area contributed by atoms with E-state index in [9.17, 15) is 18.0 Å². The van der Waals surface area contributed by atoms with Gasteiger partial charge < -0.3 is 20.7 Å². The number of aromatic nitrogens is 1. The van der Waals surface area contributed by atoms with Gasteiger partial charge in [0.1, 0.15) is 5.82 Å². The lowest BCUT2D eigenvalue weighted by Crippen LogP contribution is -2.38. The second-order valence-corrected chi connectivity index (χ2v) is 6.05. The maximum atomic E-state index is 13.1. The summed E-state index contributed by atoms with van der Waals surface area (Å²) >= 11 is 0. The smallest absolute Gasteiger partial charge is 0.378 e. The molecule has 1 aromatic carbocycles. The van der Waals surface area contributed by atoms with Crippen LogP contribution in [0.1, 0.15) is 21.5 Å². The molecular formula is C18H21Cl2F3N4O2. The molecule has 3 rings (SSSR count). The molecule has 1 fully saturated rings. The van der Waals surface area contributed by atoms with E-state index in [1.54, 1.807) is 18.3 Å². The third kappa shape index (κ3) is 6.20. The summed E-state index contributed by atoms with van der Waals surface area (Å²) < 4.78 is 44.5. The molecule has 0 spiro atoms. The Hall–Kier alpha value is -2.07. The predicted molar refractivity (Wildman–Crippen MR) is 109 cm³/mol. The molecule has 11 heteroatoms. The van der Waals surface area contributed by atoms with Crippen molar-refractivity contribution in [1.29, 1.82) is 0 Å². The third-order valence-corrected chi connectivity index (χ3v) is 4.16. The Morgan fingerprint density at radius 2 is 1.90 bits per heavy atom. The van der Waals surface area contributed by atoms with Crippen molar-refractivity contribution < 1.29 is 22.7 Å². The van der Waals surface area contributed by atoms with Gasteiger partial charge in [0, 0.05) is 31.5 Å². The molecular weight excluding hydrogens is 432 g/mol. The van der Waals surface area contributed by atoms with Gasteiger partial charge in [-0.3, -0.25) is 4.79 Å². The molecule has 3 N–H and O–H groups in total. The summed E-state index contributed by atoms with van der Waals surface area (Å²) in [5.41, 5.74) is 5.22. The van der Waals surface area contributed by atoms with Crippen molar-refractivity contribution in [2.45, 2.75) is 12.7 Å². The van der Waals surface area contributed by atoms with E-state index in [1.807, 2.05) is 4.90 Å². The van der Waals surface area contributed by atoms with Crippen molar-refractivity contribution in [2.75, 3.05) is 36.5 Å². The van der Waals surface area contributed by atoms with Gasteiger partial charge in [0.2, 0.25) is 0 Å². The maximum Gasteiger partial charge on any atom is 0.416 e. The quantitative estimate of drug-likeness (QED) is 0.741. The van der Waals surface area contributed by atoms with Crippen LogP contribution in [0.4, 0.5) is 24.7 Å². The molecule has 29 heavy (non-hydrogen) atoms. The third-order valence-electron chi connectivity index (χ3n) is 4.16. The maximum absolute atomic E-state index is 13.1. The van der Waals surface area contributed by atoms with Crippen LogP contribution in [0.2, 0.25) is 0 Å². The molecule has 0 unspecified atom stereocenters. The van der Waals surface area contributed by atoms with Crippen LogP contribution in [0.3, 0.4) is 0 Å². The molecule has 1 aliphatic heterocycles. The van der Waals surface area contributed by atoms with Crippen LogP contribution < -0.4 is 16.0 Å². The van der Waals surface area contributed by atoms with E-state index in [1.165, 1.54) is 6.07 Å². The Morgan fingerprint density at radius 3 is 2.52 bits per heavy atom. The molecule has 0 aliphatic carbocycles. The summed E-state index contributed by atoms with van der Waals surface area (Å²) in [5, 5.41) is 2.53. The first kappa shape index (κ1) is 25.0. The van der Waals surface area contributed by atoms with E-state index < -0.39 is 17.6 Å². The Bertz CT molecular complexity index is 831. The highest BCUT2D eigenvalue weighted by Crippen LogP contribution is 2.32. The summed E-state index contributed by atoms with van der Waals surface area (Å²) in [5.74, 6) is -0.0591. The fourth-order valence-electron chi connectivity index (χ4n) is 2.85. The van der Waals surface area contributed by atoms with Crippen molar-refractivity contribution in [1.82, 2.24) is 4.98 Å². The van der Waals surface area contributed by atoms with Gasteiger partial charge in [-0.1, -0.05) is 0 Å². The fourth-order valence-corrected chi connectivity index (χ4v) is 2.85. The van der Waals surface area contributed by atoms with Crippen molar-refractivity contribution in [3.05, 3.63) is 53.2 Å². The summed E-state index contributed by atoms with van der Waals surface area (Å²) in [6.07, 6.45) is -2.96. The minimum Gasteiger partial charge on any atom is -0.378 e. The highest BCUT2D eigenvalue weighted by Gasteiger charge is 2.31. The number of halogens is 5. The van der Waals surface area contributed by atoms with Crippen molar-refractivity contribution in [3.8, 4) is 0 Å². The molecule has 0 saturated carbocycles. The zero-order valence-corrected chi connectivity index (χ0v) is 16.9. The average molecular weight is 453 g/mol. The zero-order chi connectivity index (χ0) is 19.4. The van der Waals surface area contributed by atoms with Crippen LogP contribution in [-0.4, -0.2) is 37.2 Å². The van der Waals surface area contributed by atoms with E-state index in [0.717, 1.165) is 12.1 Å². The van der Waals surface area contributed by atoms with Crippen LogP contribution >= 0.6 is 24.8 Å². The molecule has 0 atom stereocenters. The largest absolute Gasteiger partial charge is 0.416 e. The minimum absolute atomic E-state index is 0. The van der Waals surface area contributed by atoms with Gasteiger partial charge in [0.05, 0.1) is 24.3 Å². The number of hydrogen-bond donors (Lipinski definition) is 2. The van der Waals surface area contributed by atoms with Crippen LogP contribution in [0.5, 0.6) is 0 Å². The average Bonchev–Trinajstić information content (AvgIpc) is 2.67. The Morgan fingerprint density at radius 1 is 1.21 bits per heavy atom. The Labute approximate surface area is 178 Å². The number of alkyl halides is 3. The number of nitrogens with two attached hydrogens (primary N) is 1. The highest BCUT2D eigenvalue weighted by molar-refractivity contribution is 6.07. The number of pyridine rings is 1. The number of ether oxygens (including phenoxy) is 1. The molecule has 1 aliphatic rings. The van der Waals surface area contributed by atoms with E-state index in [4.69, 9.17) is 10.5 Å². The number of nitrogens with zero attached hydrogens (tertiary/aromatic N) is 2. The predicted octanol–water partition coefficient (Wildman–Crippen LogP) is 3.49. The SMILES string of the molecule is Cl.Cl.NCc1cc(NC(=O)c2cccnc2N2CCOCC2)cc(C(F)(F)F)c1. The number of carbonyl (C=O) groups is 1. The zero-order valence-electron chi connectivity index (χ0n) is 15.2. The summed E-state index contributed by atoms with van der Waals surface area (Å²) in [6.45, 7) is 2.13. The monoisotopic (exact) mass is 452 g/mol. The lowest BCUT2D eigenvalue weighted by molar-refractivity contribution is -0.137. The number of morpholine rings is 1. The molecule has 160 valence electrons. The standard InChI is InChI=1S/C18H19F3N4O2.2ClH/c19-18(20,21)13-8-12(11-22)9-14(10-13)24-17(26)15-2-1-3-23-16(15)25-4-6-27-7-5-25;;/h1-3,8-10H,4-7,11,22H2,(H,24,26);2*1H. The van der Waals surface area contributed by atoms with Crippen molar-refractivity contribution >= 4 is 42.2 Å². The Kier molecular flexibility index (Phi) is 9.15. The fraction of sp³-hybridized carbons (Fsp3) is 0.333. The van der Waals surface area contributed by atoms with Gasteiger partial charge in [-0.05, 0) is 35.9 Å². The number of carbonyl (C=O) groups excluding carboxylic acids is 1. The van der Waals surface area contributed by atoms with Gasteiger partial charge in [-0.2, -0.15) is 13.2 Å². The minimum atomic E-state index is -4.53. The number of anilines is 2. The molecule has 0 radical (unpaired) electrons. The van der Waals surface area contributed by atoms with E-state index in [-0.39, 0.29) is 48.2 Å². The van der Waals surface area contributed by atoms with Gasteiger partial charge in [-0.25, -0.2) is 4.98 Å². The van der Waals surface area contributed by atoms with Crippen LogP contribution in [0, 0.1) is 0 Å². The number of amides is 1. The molecule has 1 amide bonds. The number of rotatable bonds is 4. The van der Waals surface area contributed by atoms with E-state index >= 15 is 0 Å². The Balaban J connectivity index is 0.00000210. The number of nitrogens with one attached hydrogen (secondary N) is 1. The highest BCUT2D eigenvalue weighted by atomic mass is 35.5. The van der Waals surface area contributed by atoms with Crippen LogP contribution in [-0.2, 0) is 17.5 Å². The van der Waals surface area contributed by atoms with Crippen molar-refractivity contribution in [2.24, 2.45) is 5.73 Å². The van der Waals surface area contributed by atoms with Gasteiger partial charge in [0.15, 0.2) is 0 Å². The normalized spacial score (nSPS) is 13.9. The first-order valence-corrected chi connectivity index (χ1v) is 8.39. The number of hydrogen-bond acceptors (Lipinski definition) is 5. The first-order valence-electron chi connectivity index (χ1n) is 8.39. The van der Waals surface area contributed by atoms with E-state index in [0.29, 0.717) is 32.1 Å². The second-order valence-electron chi connectivity index (χ2n) is 6.05. The van der Waals surface area contributed by atoms with Crippen LogP contribution in [0.25, 0.3) is 0 Å². The first-order chi connectivity index (χ1) is 12.9. The second kappa shape index (κ2) is 10.6. The van der Waals surface area contributed by atoms with Gasteiger partial charge in [0.25, 0.3) is 5.91 Å². The number of benzene rings is 1. The lowest BCUT2D eigenvalue weighted by Gasteiger charge is -2.29. The summed E-state index contributed by atoms with van der Waals surface area (Å²) in [7, 11) is 0. The summed E-state index contributed by atoms with van der Waals surface area (Å²) in [6, 6.07) is 6.49. The molecule has 1 saturated heterocycles. The molecule has 2 aromatic rings. The molecule has 0 bridgehead atoms. The van der Waals surface area contributed by atoms with E-state index in [2.05, 4.69) is 10.3 Å². The molecule has 6 nitrogen and oxygen atoms in total. The molecule has 1 aromatic heterocycles. The lowest BCUT2D eigenvalue weighted by atomic mass is 10.1. The van der Waals surface area contributed by atoms with Gasteiger partial charge in [-0.15, -0.1) is 24.8 Å². The van der Waals surface area contributed by atoms with Crippen molar-refractivity contribution in [3.63, 3.8) is 0 Å². The topological polar surface area (TPSA) is 80.5 Å². The summed E-state index contributed by atoms with van der Waals surface area (Å²) in [4.78, 5) is 18.9. The molecule has 2 heterocycles. The van der Waals surface area contributed by atoms with Crippen LogP contribution in [0.15, 0.2) is 36.5 Å². The van der Waals surface area contributed by atoms with Gasteiger partial charge >= 0.3 is 6.18 Å².